The first kappa shape index (κ1) is 13.9. The van der Waals surface area contributed by atoms with Gasteiger partial charge in [-0.1, -0.05) is 27.2 Å². The minimum Gasteiger partial charge on any atom is -0.379 e. The molecule has 3 nitrogen and oxygen atoms in total. The van der Waals surface area contributed by atoms with Crippen LogP contribution >= 0.6 is 0 Å². The van der Waals surface area contributed by atoms with Gasteiger partial charge in [0.25, 0.3) is 0 Å². The molecule has 0 fully saturated rings. The van der Waals surface area contributed by atoms with E-state index in [-0.39, 0.29) is 6.04 Å². The number of rotatable bonds is 9. The molecule has 0 aliphatic rings. The Morgan fingerprint density at radius 1 is 1.07 bits per heavy atom. The van der Waals surface area contributed by atoms with Gasteiger partial charge in [0.05, 0.1) is 19.8 Å². The van der Waals surface area contributed by atoms with E-state index in [4.69, 9.17) is 15.2 Å². The molecule has 0 saturated carbocycles. The van der Waals surface area contributed by atoms with Crippen LogP contribution in [0, 0.1) is 5.92 Å². The quantitative estimate of drug-likeness (QED) is 0.581. The van der Waals surface area contributed by atoms with E-state index in [9.17, 15) is 0 Å². The Morgan fingerprint density at radius 2 is 1.71 bits per heavy atom. The van der Waals surface area contributed by atoms with Crippen molar-refractivity contribution in [3.8, 4) is 0 Å². The summed E-state index contributed by atoms with van der Waals surface area (Å²) in [6.07, 6.45) is 2.17. The average Bonchev–Trinajstić information content (AvgIpc) is 2.21. The van der Waals surface area contributed by atoms with Crippen molar-refractivity contribution >= 4 is 0 Å². The zero-order valence-corrected chi connectivity index (χ0v) is 9.79. The van der Waals surface area contributed by atoms with Crippen LogP contribution < -0.4 is 5.73 Å². The average molecular weight is 203 g/mol. The molecule has 0 bridgehead atoms. The maximum absolute atomic E-state index is 5.90. The first-order valence-electron chi connectivity index (χ1n) is 5.63. The van der Waals surface area contributed by atoms with Gasteiger partial charge in [0.1, 0.15) is 0 Å². The molecule has 0 aromatic carbocycles. The lowest BCUT2D eigenvalue weighted by Gasteiger charge is -2.18. The fourth-order valence-corrected chi connectivity index (χ4v) is 1.05. The van der Waals surface area contributed by atoms with Gasteiger partial charge in [-0.15, -0.1) is 0 Å². The molecule has 0 radical (unpaired) electrons. The standard InChI is InChI=1S/C11H25NO2/c1-4-6-13-7-8-14-9-11(12)10(3)5-2/h10-11H,4-9,12H2,1-3H3. The molecule has 3 heteroatoms. The zero-order valence-electron chi connectivity index (χ0n) is 9.79. The van der Waals surface area contributed by atoms with Crippen molar-refractivity contribution in [2.24, 2.45) is 11.7 Å². The van der Waals surface area contributed by atoms with Crippen molar-refractivity contribution in [3.63, 3.8) is 0 Å². The van der Waals surface area contributed by atoms with Gasteiger partial charge in [-0.2, -0.15) is 0 Å². The number of ether oxygens (including phenoxy) is 2. The van der Waals surface area contributed by atoms with E-state index in [2.05, 4.69) is 20.8 Å². The third kappa shape index (κ3) is 7.30. The van der Waals surface area contributed by atoms with E-state index in [1.165, 1.54) is 0 Å². The van der Waals surface area contributed by atoms with Crippen molar-refractivity contribution in [1.82, 2.24) is 0 Å². The van der Waals surface area contributed by atoms with Crippen molar-refractivity contribution in [2.45, 2.75) is 39.7 Å². The molecule has 14 heavy (non-hydrogen) atoms. The molecule has 86 valence electrons. The van der Waals surface area contributed by atoms with Crippen LogP contribution in [0.15, 0.2) is 0 Å². The fourth-order valence-electron chi connectivity index (χ4n) is 1.05. The van der Waals surface area contributed by atoms with Gasteiger partial charge in [-0.25, -0.2) is 0 Å². The monoisotopic (exact) mass is 203 g/mol. The van der Waals surface area contributed by atoms with E-state index in [0.717, 1.165) is 19.4 Å². The van der Waals surface area contributed by atoms with E-state index in [1.807, 2.05) is 0 Å². The van der Waals surface area contributed by atoms with Crippen LogP contribution in [0.25, 0.3) is 0 Å². The van der Waals surface area contributed by atoms with Gasteiger partial charge < -0.3 is 15.2 Å². The highest BCUT2D eigenvalue weighted by molar-refractivity contribution is 4.66. The highest BCUT2D eigenvalue weighted by atomic mass is 16.5. The fraction of sp³-hybridized carbons (Fsp3) is 1.00. The summed E-state index contributed by atoms with van der Waals surface area (Å²) in [5.74, 6) is 0.534. The molecule has 0 amide bonds. The lowest BCUT2D eigenvalue weighted by atomic mass is 10.0. The summed E-state index contributed by atoms with van der Waals surface area (Å²) in [5.41, 5.74) is 5.90. The number of hydrogen-bond donors (Lipinski definition) is 1. The van der Waals surface area contributed by atoms with E-state index in [0.29, 0.717) is 25.7 Å². The normalized spacial score (nSPS) is 15.4. The molecule has 2 unspecified atom stereocenters. The smallest absolute Gasteiger partial charge is 0.0701 e. The van der Waals surface area contributed by atoms with Gasteiger partial charge in [0, 0.05) is 12.6 Å². The molecule has 2 N–H and O–H groups in total. The van der Waals surface area contributed by atoms with E-state index in [1.54, 1.807) is 0 Å². The van der Waals surface area contributed by atoms with Crippen molar-refractivity contribution in [3.05, 3.63) is 0 Å². The summed E-state index contributed by atoms with van der Waals surface area (Å²) in [7, 11) is 0. The topological polar surface area (TPSA) is 44.5 Å². The highest BCUT2D eigenvalue weighted by Crippen LogP contribution is 2.05. The number of hydrogen-bond acceptors (Lipinski definition) is 3. The maximum Gasteiger partial charge on any atom is 0.0701 e. The first-order chi connectivity index (χ1) is 6.72. The van der Waals surface area contributed by atoms with Crippen LogP contribution in [-0.2, 0) is 9.47 Å². The van der Waals surface area contributed by atoms with Crippen LogP contribution in [0.2, 0.25) is 0 Å². The molecular formula is C11H25NO2. The lowest BCUT2D eigenvalue weighted by Crippen LogP contribution is -2.33. The van der Waals surface area contributed by atoms with E-state index < -0.39 is 0 Å². The Kier molecular flexibility index (Phi) is 9.35. The molecule has 2 atom stereocenters. The molecule has 0 aromatic heterocycles. The zero-order chi connectivity index (χ0) is 10.8. The summed E-state index contributed by atoms with van der Waals surface area (Å²) >= 11 is 0. The Labute approximate surface area is 88.0 Å². The maximum atomic E-state index is 5.90. The lowest BCUT2D eigenvalue weighted by molar-refractivity contribution is 0.0379. The molecular weight excluding hydrogens is 178 g/mol. The summed E-state index contributed by atoms with van der Waals surface area (Å²) in [6, 6.07) is 0.158. The van der Waals surface area contributed by atoms with Gasteiger partial charge in [0.15, 0.2) is 0 Å². The first-order valence-corrected chi connectivity index (χ1v) is 5.63. The summed E-state index contributed by atoms with van der Waals surface area (Å²) < 4.78 is 10.7. The molecule has 0 heterocycles. The second-order valence-corrected chi connectivity index (χ2v) is 3.74. The van der Waals surface area contributed by atoms with Crippen molar-refractivity contribution in [1.29, 1.82) is 0 Å². The largest absolute Gasteiger partial charge is 0.379 e. The minimum absolute atomic E-state index is 0.158. The third-order valence-electron chi connectivity index (χ3n) is 2.41. The number of nitrogens with two attached hydrogens (primary N) is 1. The second kappa shape index (κ2) is 9.44. The van der Waals surface area contributed by atoms with Crippen LogP contribution in [0.5, 0.6) is 0 Å². The Morgan fingerprint density at radius 3 is 2.29 bits per heavy atom. The van der Waals surface area contributed by atoms with Gasteiger partial charge in [0.2, 0.25) is 0 Å². The van der Waals surface area contributed by atoms with Crippen LogP contribution in [0.3, 0.4) is 0 Å². The van der Waals surface area contributed by atoms with Gasteiger partial charge >= 0.3 is 0 Å². The molecule has 0 aliphatic carbocycles. The second-order valence-electron chi connectivity index (χ2n) is 3.74. The molecule has 0 aliphatic heterocycles. The summed E-state index contributed by atoms with van der Waals surface area (Å²) in [4.78, 5) is 0. The summed E-state index contributed by atoms with van der Waals surface area (Å²) in [5, 5.41) is 0. The van der Waals surface area contributed by atoms with Crippen molar-refractivity contribution in [2.75, 3.05) is 26.4 Å². The SMILES string of the molecule is CCCOCCOCC(N)C(C)CC. The predicted molar refractivity (Wildman–Crippen MR) is 59.4 cm³/mol. The van der Waals surface area contributed by atoms with Gasteiger partial charge in [-0.3, -0.25) is 0 Å². The molecule has 0 spiro atoms. The highest BCUT2D eigenvalue weighted by Gasteiger charge is 2.09. The van der Waals surface area contributed by atoms with Gasteiger partial charge in [-0.05, 0) is 12.3 Å². The van der Waals surface area contributed by atoms with Crippen LogP contribution in [0.4, 0.5) is 0 Å². The van der Waals surface area contributed by atoms with Crippen LogP contribution in [0.1, 0.15) is 33.6 Å². The Balaban J connectivity index is 3.18. The molecule has 0 aromatic rings. The van der Waals surface area contributed by atoms with Crippen LogP contribution in [-0.4, -0.2) is 32.5 Å². The van der Waals surface area contributed by atoms with Crippen molar-refractivity contribution < 1.29 is 9.47 Å². The Hall–Kier alpha value is -0.120. The predicted octanol–water partition coefficient (Wildman–Crippen LogP) is 1.80. The third-order valence-corrected chi connectivity index (χ3v) is 2.41. The molecule has 0 saturated heterocycles. The summed E-state index contributed by atoms with van der Waals surface area (Å²) in [6.45, 7) is 9.20. The Bertz CT molecular complexity index is 120. The van der Waals surface area contributed by atoms with E-state index >= 15 is 0 Å². The minimum atomic E-state index is 0.158. The molecule has 0 rings (SSSR count).